The molecule has 1 aromatic heterocycles. The molecule has 8 heteroatoms. The lowest BCUT2D eigenvalue weighted by molar-refractivity contribution is -0.116. The summed E-state index contributed by atoms with van der Waals surface area (Å²) in [4.78, 5) is 19.8. The number of benzene rings is 1. The molecule has 1 saturated carbocycles. The molecule has 2 aliphatic rings. The molecule has 0 spiro atoms. The molecule has 1 atom stereocenters. The number of amides is 1. The summed E-state index contributed by atoms with van der Waals surface area (Å²) < 4.78 is 26.5. The van der Waals surface area contributed by atoms with Crippen LogP contribution in [0.3, 0.4) is 0 Å². The zero-order valence-electron chi connectivity index (χ0n) is 18.3. The van der Waals surface area contributed by atoms with Crippen LogP contribution in [0.15, 0.2) is 35.5 Å². The van der Waals surface area contributed by atoms with E-state index in [1.54, 1.807) is 4.90 Å². The lowest BCUT2D eigenvalue weighted by Crippen LogP contribution is -2.42. The Morgan fingerprint density at radius 1 is 1.13 bits per heavy atom. The summed E-state index contributed by atoms with van der Waals surface area (Å²) in [6, 6.07) is 9.58. The SMILES string of the molecule is Cc1nc(SCC(=O)N(c2ccccc2)C2CCS(=O)(=O)C2)n(C2CCCCC2)c1C. The molecule has 4 rings (SSSR count). The van der Waals surface area contributed by atoms with Crippen molar-refractivity contribution in [3.8, 4) is 0 Å². The maximum atomic E-state index is 13.4. The van der Waals surface area contributed by atoms with Crippen molar-refractivity contribution < 1.29 is 13.2 Å². The van der Waals surface area contributed by atoms with Gasteiger partial charge in [0.25, 0.3) is 0 Å². The second-order valence-corrected chi connectivity index (χ2v) is 11.8. The van der Waals surface area contributed by atoms with Gasteiger partial charge in [0.05, 0.1) is 29.0 Å². The molecular weight excluding hydrogens is 430 g/mol. The Balaban J connectivity index is 1.54. The van der Waals surface area contributed by atoms with Crippen LogP contribution in [0.25, 0.3) is 0 Å². The van der Waals surface area contributed by atoms with E-state index in [1.807, 2.05) is 37.3 Å². The number of carbonyl (C=O) groups is 1. The number of aryl methyl sites for hydroxylation is 1. The number of anilines is 1. The van der Waals surface area contributed by atoms with Crippen molar-refractivity contribution in [1.29, 1.82) is 0 Å². The number of thioether (sulfide) groups is 1. The highest BCUT2D eigenvalue weighted by atomic mass is 32.2. The molecule has 1 aliphatic carbocycles. The minimum Gasteiger partial charge on any atom is -0.320 e. The molecule has 168 valence electrons. The molecule has 6 nitrogen and oxygen atoms in total. The molecular formula is C23H31N3O3S2. The zero-order chi connectivity index (χ0) is 22.0. The van der Waals surface area contributed by atoms with Gasteiger partial charge in [0, 0.05) is 17.4 Å². The summed E-state index contributed by atoms with van der Waals surface area (Å²) in [7, 11) is -3.09. The zero-order valence-corrected chi connectivity index (χ0v) is 19.9. The Hall–Kier alpha value is -1.80. The molecule has 2 fully saturated rings. The number of hydrogen-bond donors (Lipinski definition) is 0. The van der Waals surface area contributed by atoms with Crippen LogP contribution in [0.4, 0.5) is 5.69 Å². The van der Waals surface area contributed by atoms with Crippen LogP contribution in [-0.4, -0.2) is 47.2 Å². The van der Waals surface area contributed by atoms with Crippen molar-refractivity contribution in [3.63, 3.8) is 0 Å². The first-order chi connectivity index (χ1) is 14.9. The first-order valence-corrected chi connectivity index (χ1v) is 13.9. The topological polar surface area (TPSA) is 72.3 Å². The molecule has 1 saturated heterocycles. The van der Waals surface area contributed by atoms with Gasteiger partial charge >= 0.3 is 0 Å². The molecule has 1 unspecified atom stereocenters. The van der Waals surface area contributed by atoms with Crippen LogP contribution in [0.5, 0.6) is 0 Å². The molecule has 2 heterocycles. The fourth-order valence-electron chi connectivity index (χ4n) is 4.79. The largest absolute Gasteiger partial charge is 0.320 e. The van der Waals surface area contributed by atoms with Crippen LogP contribution in [0.2, 0.25) is 0 Å². The number of rotatable bonds is 6. The van der Waals surface area contributed by atoms with Crippen LogP contribution in [0.1, 0.15) is 56.0 Å². The van der Waals surface area contributed by atoms with E-state index in [1.165, 1.54) is 36.7 Å². The van der Waals surface area contributed by atoms with E-state index in [4.69, 9.17) is 4.98 Å². The van der Waals surface area contributed by atoms with E-state index in [9.17, 15) is 13.2 Å². The highest BCUT2D eigenvalue weighted by Gasteiger charge is 2.35. The second kappa shape index (κ2) is 9.36. The van der Waals surface area contributed by atoms with E-state index in [0.717, 1.165) is 29.4 Å². The van der Waals surface area contributed by atoms with Gasteiger partial charge in [-0.05, 0) is 45.2 Å². The second-order valence-electron chi connectivity index (χ2n) is 8.67. The van der Waals surface area contributed by atoms with E-state index in [0.29, 0.717) is 12.5 Å². The standard InChI is InChI=1S/C23H31N3O3S2/c1-17-18(2)25(19-9-5-3-6-10-19)23(24-17)30-15-22(27)26(20-11-7-4-8-12-20)21-13-14-31(28,29)16-21/h4,7-8,11-12,19,21H,3,5-6,9-10,13-16H2,1-2H3. The average molecular weight is 462 g/mol. The van der Waals surface area contributed by atoms with E-state index < -0.39 is 9.84 Å². The number of para-hydroxylation sites is 1. The highest BCUT2D eigenvalue weighted by Crippen LogP contribution is 2.35. The van der Waals surface area contributed by atoms with E-state index >= 15 is 0 Å². The van der Waals surface area contributed by atoms with Gasteiger partial charge < -0.3 is 9.47 Å². The Bertz CT molecular complexity index is 1030. The van der Waals surface area contributed by atoms with Crippen LogP contribution in [0, 0.1) is 13.8 Å². The summed E-state index contributed by atoms with van der Waals surface area (Å²) in [5, 5.41) is 0.905. The van der Waals surface area contributed by atoms with E-state index in [2.05, 4.69) is 11.5 Å². The smallest absolute Gasteiger partial charge is 0.237 e. The Morgan fingerprint density at radius 2 is 1.84 bits per heavy atom. The number of carbonyl (C=O) groups excluding carboxylic acids is 1. The number of nitrogens with zero attached hydrogens (tertiary/aromatic N) is 3. The predicted molar refractivity (Wildman–Crippen MR) is 126 cm³/mol. The van der Waals surface area contributed by atoms with Crippen molar-refractivity contribution in [2.75, 3.05) is 22.2 Å². The van der Waals surface area contributed by atoms with Crippen molar-refractivity contribution >= 4 is 33.2 Å². The molecule has 2 aromatic rings. The lowest BCUT2D eigenvalue weighted by Gasteiger charge is -2.29. The molecule has 0 N–H and O–H groups in total. The Morgan fingerprint density at radius 3 is 2.48 bits per heavy atom. The Labute approximate surface area is 189 Å². The fraction of sp³-hybridized carbons (Fsp3) is 0.565. The lowest BCUT2D eigenvalue weighted by atomic mass is 9.95. The first kappa shape index (κ1) is 22.4. The summed E-state index contributed by atoms with van der Waals surface area (Å²) >= 11 is 1.48. The third-order valence-electron chi connectivity index (χ3n) is 6.50. The quantitative estimate of drug-likeness (QED) is 0.599. The Kier molecular flexibility index (Phi) is 6.77. The summed E-state index contributed by atoms with van der Waals surface area (Å²) in [5.74, 6) is 0.361. The van der Waals surface area contributed by atoms with Crippen molar-refractivity contribution in [2.24, 2.45) is 0 Å². The number of hydrogen-bond acceptors (Lipinski definition) is 5. The van der Waals surface area contributed by atoms with Gasteiger partial charge in [-0.2, -0.15) is 0 Å². The molecule has 1 aliphatic heterocycles. The van der Waals surface area contributed by atoms with Crippen LogP contribution < -0.4 is 4.90 Å². The van der Waals surface area contributed by atoms with Gasteiger partial charge in [0.1, 0.15) is 0 Å². The number of aromatic nitrogens is 2. The third kappa shape index (κ3) is 5.00. The summed E-state index contributed by atoms with van der Waals surface area (Å²) in [6.45, 7) is 4.14. The van der Waals surface area contributed by atoms with E-state index in [-0.39, 0.29) is 29.2 Å². The van der Waals surface area contributed by atoms with Crippen LogP contribution >= 0.6 is 11.8 Å². The van der Waals surface area contributed by atoms with Gasteiger partial charge in [-0.15, -0.1) is 0 Å². The number of sulfone groups is 1. The van der Waals surface area contributed by atoms with Gasteiger partial charge in [0.15, 0.2) is 15.0 Å². The summed E-state index contributed by atoms with van der Waals surface area (Å²) in [6.07, 6.45) is 6.58. The first-order valence-electron chi connectivity index (χ1n) is 11.1. The van der Waals surface area contributed by atoms with Gasteiger partial charge in [-0.3, -0.25) is 4.79 Å². The van der Waals surface area contributed by atoms with Crippen molar-refractivity contribution in [3.05, 3.63) is 41.7 Å². The number of imidazole rings is 1. The molecule has 31 heavy (non-hydrogen) atoms. The maximum Gasteiger partial charge on any atom is 0.237 e. The molecule has 1 aromatic carbocycles. The minimum absolute atomic E-state index is 0.0349. The fourth-order valence-corrected chi connectivity index (χ4v) is 7.51. The minimum atomic E-state index is -3.09. The maximum absolute atomic E-state index is 13.4. The van der Waals surface area contributed by atoms with Crippen LogP contribution in [-0.2, 0) is 14.6 Å². The third-order valence-corrected chi connectivity index (χ3v) is 9.18. The van der Waals surface area contributed by atoms with Crippen molar-refractivity contribution in [1.82, 2.24) is 9.55 Å². The molecule has 0 bridgehead atoms. The molecule has 0 radical (unpaired) electrons. The monoisotopic (exact) mass is 461 g/mol. The normalized spacial score (nSPS) is 21.3. The van der Waals surface area contributed by atoms with Gasteiger partial charge in [0.2, 0.25) is 5.91 Å². The van der Waals surface area contributed by atoms with Gasteiger partial charge in [-0.1, -0.05) is 49.2 Å². The molecule has 1 amide bonds. The van der Waals surface area contributed by atoms with Crippen molar-refractivity contribution in [2.45, 2.75) is 69.6 Å². The van der Waals surface area contributed by atoms with Gasteiger partial charge in [-0.25, -0.2) is 13.4 Å². The highest BCUT2D eigenvalue weighted by molar-refractivity contribution is 7.99. The summed E-state index contributed by atoms with van der Waals surface area (Å²) in [5.41, 5.74) is 2.96. The predicted octanol–water partition coefficient (Wildman–Crippen LogP) is 4.32. The average Bonchev–Trinajstić information content (AvgIpc) is 3.26.